The van der Waals surface area contributed by atoms with Crippen molar-refractivity contribution in [3.63, 3.8) is 0 Å². The van der Waals surface area contributed by atoms with Crippen LogP contribution in [0.4, 0.5) is 13.2 Å². The van der Waals surface area contributed by atoms with Gasteiger partial charge in [-0.25, -0.2) is 4.98 Å². The first-order chi connectivity index (χ1) is 17.2. The van der Waals surface area contributed by atoms with Crippen molar-refractivity contribution in [1.82, 2.24) is 14.5 Å². The standard InChI is InChI=1S/C27H22Cl2F3N3O/c28-20-13-22(25(29)33-14-20)26(36)34-11-9-18(10-12-34)23-16-35(24-4-2-1-3-21(23)24)15-17-5-7-19(8-6-17)27(30,31)32/h1-8,13-14,16,18H,9-12,15H2. The molecule has 1 aliphatic rings. The van der Waals surface area contributed by atoms with E-state index in [1.807, 2.05) is 18.2 Å². The first-order valence-corrected chi connectivity index (χ1v) is 12.3. The molecule has 0 N–H and O–H groups in total. The minimum Gasteiger partial charge on any atom is -0.343 e. The largest absolute Gasteiger partial charge is 0.416 e. The number of alkyl halides is 3. The SMILES string of the molecule is O=C(c1cc(Cl)cnc1Cl)N1CCC(c2cn(Cc3ccc(C(F)(F)F)cc3)c3ccccc23)CC1. The van der Waals surface area contributed by atoms with Crippen LogP contribution in [0.25, 0.3) is 10.9 Å². The lowest BCUT2D eigenvalue weighted by atomic mass is 9.89. The van der Waals surface area contributed by atoms with E-state index in [4.69, 9.17) is 23.2 Å². The van der Waals surface area contributed by atoms with Gasteiger partial charge in [0, 0.05) is 42.9 Å². The van der Waals surface area contributed by atoms with Crippen LogP contribution in [-0.4, -0.2) is 33.4 Å². The smallest absolute Gasteiger partial charge is 0.343 e. The molecule has 0 spiro atoms. The van der Waals surface area contributed by atoms with E-state index in [0.29, 0.717) is 30.2 Å². The topological polar surface area (TPSA) is 38.1 Å². The van der Waals surface area contributed by atoms with Crippen molar-refractivity contribution in [1.29, 1.82) is 0 Å². The number of pyridine rings is 1. The highest BCUT2D eigenvalue weighted by atomic mass is 35.5. The van der Waals surface area contributed by atoms with Crippen molar-refractivity contribution >= 4 is 40.0 Å². The summed E-state index contributed by atoms with van der Waals surface area (Å²) in [6.07, 6.45) is 0.726. The molecule has 3 heterocycles. The Kier molecular flexibility index (Phi) is 6.70. The monoisotopic (exact) mass is 531 g/mol. The molecule has 4 aromatic rings. The second kappa shape index (κ2) is 9.79. The predicted octanol–water partition coefficient (Wildman–Crippen LogP) is 7.43. The van der Waals surface area contributed by atoms with Crippen molar-refractivity contribution in [2.45, 2.75) is 31.5 Å². The third-order valence-corrected chi connectivity index (χ3v) is 7.22. The molecule has 1 aliphatic heterocycles. The number of aromatic nitrogens is 2. The van der Waals surface area contributed by atoms with E-state index in [-0.39, 0.29) is 17.0 Å². The fourth-order valence-corrected chi connectivity index (χ4v) is 5.21. The van der Waals surface area contributed by atoms with E-state index in [0.717, 1.165) is 41.4 Å². The summed E-state index contributed by atoms with van der Waals surface area (Å²) < 4.78 is 40.9. The predicted molar refractivity (Wildman–Crippen MR) is 135 cm³/mol. The molecule has 0 unspecified atom stereocenters. The Balaban J connectivity index is 1.34. The molecule has 2 aromatic heterocycles. The van der Waals surface area contributed by atoms with Crippen LogP contribution >= 0.6 is 23.2 Å². The van der Waals surface area contributed by atoms with Gasteiger partial charge in [-0.2, -0.15) is 13.2 Å². The molecule has 0 atom stereocenters. The van der Waals surface area contributed by atoms with Crippen LogP contribution in [0.15, 0.2) is 67.0 Å². The molecule has 9 heteroatoms. The summed E-state index contributed by atoms with van der Waals surface area (Å²) in [6, 6.07) is 14.9. The van der Waals surface area contributed by atoms with Crippen LogP contribution in [0.3, 0.4) is 0 Å². The zero-order valence-corrected chi connectivity index (χ0v) is 20.6. The van der Waals surface area contributed by atoms with Gasteiger partial charge in [-0.3, -0.25) is 4.79 Å². The molecule has 0 radical (unpaired) electrons. The van der Waals surface area contributed by atoms with E-state index in [1.165, 1.54) is 23.9 Å². The fourth-order valence-electron chi connectivity index (χ4n) is 4.86. The maximum Gasteiger partial charge on any atom is 0.416 e. The molecule has 186 valence electrons. The first kappa shape index (κ1) is 24.7. The fraction of sp³-hybridized carbons (Fsp3) is 0.259. The van der Waals surface area contributed by atoms with E-state index in [9.17, 15) is 18.0 Å². The van der Waals surface area contributed by atoms with Crippen molar-refractivity contribution in [2.24, 2.45) is 0 Å². The maximum absolute atomic E-state index is 13.0. The highest BCUT2D eigenvalue weighted by Gasteiger charge is 2.30. The van der Waals surface area contributed by atoms with Crippen LogP contribution in [-0.2, 0) is 12.7 Å². The molecule has 1 saturated heterocycles. The van der Waals surface area contributed by atoms with Gasteiger partial charge < -0.3 is 9.47 Å². The Morgan fingerprint density at radius 1 is 1.03 bits per heavy atom. The van der Waals surface area contributed by atoms with E-state index in [1.54, 1.807) is 11.0 Å². The van der Waals surface area contributed by atoms with Crippen LogP contribution in [0.2, 0.25) is 10.2 Å². The number of hydrogen-bond acceptors (Lipinski definition) is 2. The Morgan fingerprint density at radius 3 is 2.42 bits per heavy atom. The highest BCUT2D eigenvalue weighted by molar-refractivity contribution is 6.34. The second-order valence-electron chi connectivity index (χ2n) is 8.98. The summed E-state index contributed by atoms with van der Waals surface area (Å²) in [5.74, 6) is 0.0685. The number of fused-ring (bicyclic) bond motifs is 1. The van der Waals surface area contributed by atoms with Gasteiger partial charge in [0.05, 0.1) is 16.1 Å². The Labute approximate surface area is 216 Å². The number of carbonyl (C=O) groups is 1. The number of piperidine rings is 1. The van der Waals surface area contributed by atoms with E-state index in [2.05, 4.69) is 21.8 Å². The normalized spacial score (nSPS) is 15.0. The number of hydrogen-bond donors (Lipinski definition) is 0. The molecule has 2 aromatic carbocycles. The third-order valence-electron chi connectivity index (χ3n) is 6.71. The maximum atomic E-state index is 13.0. The average Bonchev–Trinajstić information content (AvgIpc) is 3.23. The van der Waals surface area contributed by atoms with Gasteiger partial charge in [0.1, 0.15) is 5.15 Å². The third kappa shape index (κ3) is 4.95. The van der Waals surface area contributed by atoms with Gasteiger partial charge in [0.2, 0.25) is 0 Å². The van der Waals surface area contributed by atoms with Gasteiger partial charge in [0.25, 0.3) is 5.91 Å². The number of rotatable bonds is 4. The van der Waals surface area contributed by atoms with Gasteiger partial charge in [0.15, 0.2) is 0 Å². The van der Waals surface area contributed by atoms with Crippen molar-refractivity contribution in [3.8, 4) is 0 Å². The molecular weight excluding hydrogens is 510 g/mol. The van der Waals surface area contributed by atoms with Gasteiger partial charge in [-0.15, -0.1) is 0 Å². The minimum atomic E-state index is -4.35. The quantitative estimate of drug-likeness (QED) is 0.257. The minimum absolute atomic E-state index is 0.137. The van der Waals surface area contributed by atoms with Gasteiger partial charge >= 0.3 is 6.18 Å². The number of halogens is 5. The molecule has 4 nitrogen and oxygen atoms in total. The lowest BCUT2D eigenvalue weighted by Gasteiger charge is -2.32. The lowest BCUT2D eigenvalue weighted by molar-refractivity contribution is -0.137. The number of amides is 1. The van der Waals surface area contributed by atoms with E-state index >= 15 is 0 Å². The summed E-state index contributed by atoms with van der Waals surface area (Å²) >= 11 is 12.1. The zero-order valence-electron chi connectivity index (χ0n) is 19.1. The molecule has 0 aliphatic carbocycles. The highest BCUT2D eigenvalue weighted by Crippen LogP contribution is 2.36. The van der Waals surface area contributed by atoms with Crippen molar-refractivity contribution in [3.05, 3.63) is 99.4 Å². The molecule has 1 fully saturated rings. The van der Waals surface area contributed by atoms with Crippen LogP contribution in [0, 0.1) is 0 Å². The molecule has 5 rings (SSSR count). The van der Waals surface area contributed by atoms with Crippen LogP contribution < -0.4 is 0 Å². The van der Waals surface area contributed by atoms with Gasteiger partial charge in [-0.05, 0) is 54.2 Å². The van der Waals surface area contributed by atoms with Crippen LogP contribution in [0.1, 0.15) is 45.8 Å². The average molecular weight is 532 g/mol. The summed E-state index contributed by atoms with van der Waals surface area (Å²) in [4.78, 5) is 18.7. The number of para-hydroxylation sites is 1. The second-order valence-corrected chi connectivity index (χ2v) is 9.78. The lowest BCUT2D eigenvalue weighted by Crippen LogP contribution is -2.38. The Hall–Kier alpha value is -3.03. The number of carbonyl (C=O) groups excluding carboxylic acids is 1. The summed E-state index contributed by atoms with van der Waals surface area (Å²) in [5.41, 5.74) is 2.66. The van der Waals surface area contributed by atoms with E-state index < -0.39 is 11.7 Å². The summed E-state index contributed by atoms with van der Waals surface area (Å²) in [6.45, 7) is 1.62. The van der Waals surface area contributed by atoms with Crippen LogP contribution in [0.5, 0.6) is 0 Å². The number of likely N-dealkylation sites (tertiary alicyclic amines) is 1. The summed E-state index contributed by atoms with van der Waals surface area (Å²) in [5, 5.41) is 1.62. The van der Waals surface area contributed by atoms with Crippen molar-refractivity contribution in [2.75, 3.05) is 13.1 Å². The molecule has 0 saturated carbocycles. The molecule has 1 amide bonds. The molecular formula is C27H22Cl2F3N3O. The Morgan fingerprint density at radius 2 is 1.72 bits per heavy atom. The summed E-state index contributed by atoms with van der Waals surface area (Å²) in [7, 11) is 0. The molecule has 0 bridgehead atoms. The van der Waals surface area contributed by atoms with Gasteiger partial charge in [-0.1, -0.05) is 53.5 Å². The molecule has 36 heavy (non-hydrogen) atoms. The number of benzene rings is 2. The Bertz CT molecular complexity index is 1410. The first-order valence-electron chi connectivity index (χ1n) is 11.5. The van der Waals surface area contributed by atoms with Crippen molar-refractivity contribution < 1.29 is 18.0 Å². The zero-order chi connectivity index (χ0) is 25.4. The number of nitrogens with zero attached hydrogens (tertiary/aromatic N) is 3.